The van der Waals surface area contributed by atoms with E-state index < -0.39 is 0 Å². The first-order valence-corrected chi connectivity index (χ1v) is 10.2. The molecule has 4 saturated heterocycles. The van der Waals surface area contributed by atoms with Crippen molar-refractivity contribution in [3.63, 3.8) is 0 Å². The lowest BCUT2D eigenvalue weighted by Gasteiger charge is -2.54. The van der Waals surface area contributed by atoms with Crippen molar-refractivity contribution in [1.82, 2.24) is 0 Å². The molecule has 4 heterocycles. The van der Waals surface area contributed by atoms with Gasteiger partial charge in [0.25, 0.3) is 0 Å². The summed E-state index contributed by atoms with van der Waals surface area (Å²) in [5, 5.41) is 0. The molecule has 4 heteroatoms. The van der Waals surface area contributed by atoms with Crippen molar-refractivity contribution < 1.29 is 18.9 Å². The molecular formula is C22H24O4. The fourth-order valence-corrected chi connectivity index (χ4v) is 6.22. The summed E-state index contributed by atoms with van der Waals surface area (Å²) in [6.07, 6.45) is 20.8. The summed E-state index contributed by atoms with van der Waals surface area (Å²) in [4.78, 5) is 0. The standard InChI is InChI=1S/C22H24O4/c1-2-6-14(5-1)20-11-12-22(17(13-20)24-22)25-19-18-16(23-18)9-10-21(19,26-20)15-7-3-4-8-15/h1-5,7,16-19H,6,8-13H2. The summed E-state index contributed by atoms with van der Waals surface area (Å²) < 4.78 is 26.3. The summed E-state index contributed by atoms with van der Waals surface area (Å²) in [6, 6.07) is 0. The highest BCUT2D eigenvalue weighted by molar-refractivity contribution is 5.39. The first kappa shape index (κ1) is 14.8. The monoisotopic (exact) mass is 352 g/mol. The minimum absolute atomic E-state index is 0.0488. The molecule has 0 aromatic carbocycles. The lowest BCUT2D eigenvalue weighted by Crippen LogP contribution is -2.63. The van der Waals surface area contributed by atoms with E-state index in [1.54, 1.807) is 0 Å². The predicted molar refractivity (Wildman–Crippen MR) is 94.5 cm³/mol. The Balaban J connectivity index is 1.39. The Morgan fingerprint density at radius 1 is 0.923 bits per heavy atom. The van der Waals surface area contributed by atoms with Gasteiger partial charge in [-0.15, -0.1) is 0 Å². The van der Waals surface area contributed by atoms with Crippen LogP contribution in [0.1, 0.15) is 44.9 Å². The largest absolute Gasteiger partial charge is 0.367 e. The topological polar surface area (TPSA) is 43.5 Å². The quantitative estimate of drug-likeness (QED) is 0.714. The third kappa shape index (κ3) is 1.74. The molecule has 0 aromatic heterocycles. The van der Waals surface area contributed by atoms with Crippen molar-refractivity contribution >= 4 is 0 Å². The van der Waals surface area contributed by atoms with E-state index in [4.69, 9.17) is 18.9 Å². The molecule has 2 bridgehead atoms. The number of ether oxygens (including phenoxy) is 4. The van der Waals surface area contributed by atoms with Crippen LogP contribution in [0, 0.1) is 0 Å². The smallest absolute Gasteiger partial charge is 0.196 e. The first-order chi connectivity index (χ1) is 12.7. The van der Waals surface area contributed by atoms with Crippen LogP contribution in [-0.2, 0) is 18.9 Å². The van der Waals surface area contributed by atoms with E-state index in [1.165, 1.54) is 11.1 Å². The van der Waals surface area contributed by atoms with E-state index in [0.29, 0.717) is 6.10 Å². The lowest BCUT2D eigenvalue weighted by molar-refractivity contribution is -0.259. The summed E-state index contributed by atoms with van der Waals surface area (Å²) in [6.45, 7) is 0. The lowest BCUT2D eigenvalue weighted by atomic mass is 9.70. The van der Waals surface area contributed by atoms with Gasteiger partial charge in [0.05, 0.1) is 11.7 Å². The second kappa shape index (κ2) is 4.61. The van der Waals surface area contributed by atoms with Crippen LogP contribution in [0.3, 0.4) is 0 Å². The zero-order valence-electron chi connectivity index (χ0n) is 14.9. The van der Waals surface area contributed by atoms with Gasteiger partial charge in [0.2, 0.25) is 0 Å². The average Bonchev–Trinajstić information content (AvgIpc) is 3.33. The zero-order valence-corrected chi connectivity index (χ0v) is 14.9. The minimum atomic E-state index is -0.380. The molecule has 6 fully saturated rings. The molecule has 0 radical (unpaired) electrons. The third-order valence-electron chi connectivity index (χ3n) is 7.72. The molecule has 2 saturated carbocycles. The second-order valence-electron chi connectivity index (χ2n) is 8.97. The molecule has 4 aliphatic carbocycles. The van der Waals surface area contributed by atoms with E-state index in [-0.39, 0.29) is 35.3 Å². The van der Waals surface area contributed by atoms with E-state index in [2.05, 4.69) is 36.5 Å². The molecule has 0 aromatic rings. The van der Waals surface area contributed by atoms with E-state index >= 15 is 0 Å². The first-order valence-electron chi connectivity index (χ1n) is 10.2. The van der Waals surface area contributed by atoms with Crippen LogP contribution >= 0.6 is 0 Å². The van der Waals surface area contributed by atoms with Crippen molar-refractivity contribution in [2.45, 2.75) is 86.4 Å². The molecule has 0 N–H and O–H groups in total. The highest BCUT2D eigenvalue weighted by Crippen LogP contribution is 2.63. The average molecular weight is 352 g/mol. The SMILES string of the molecule is C1=CCC(C23CCC4(OC4C2)OC2C4OC4CCC2(C2=CC=CC2)O3)=C1. The van der Waals surface area contributed by atoms with Crippen LogP contribution in [0.2, 0.25) is 0 Å². The number of hydrogen-bond acceptors (Lipinski definition) is 4. The van der Waals surface area contributed by atoms with Crippen molar-refractivity contribution in [3.8, 4) is 0 Å². The maximum Gasteiger partial charge on any atom is 0.196 e. The van der Waals surface area contributed by atoms with Gasteiger partial charge >= 0.3 is 0 Å². The Morgan fingerprint density at radius 2 is 1.77 bits per heavy atom. The fraction of sp³-hybridized carbons (Fsp3) is 0.636. The molecule has 8 aliphatic rings. The van der Waals surface area contributed by atoms with E-state index in [1.807, 2.05) is 0 Å². The number of hydrogen-bond donors (Lipinski definition) is 0. The van der Waals surface area contributed by atoms with Gasteiger partial charge in [-0.25, -0.2) is 0 Å². The molecule has 4 aliphatic heterocycles. The molecule has 26 heavy (non-hydrogen) atoms. The molecule has 0 amide bonds. The highest BCUT2D eigenvalue weighted by atomic mass is 16.8. The van der Waals surface area contributed by atoms with Crippen LogP contribution in [-0.4, -0.2) is 41.4 Å². The van der Waals surface area contributed by atoms with Crippen molar-refractivity contribution in [2.24, 2.45) is 0 Å². The normalized spacial score (nSPS) is 55.4. The Bertz CT molecular complexity index is 809. The maximum absolute atomic E-state index is 7.31. The van der Waals surface area contributed by atoms with E-state index in [0.717, 1.165) is 44.9 Å². The molecular weight excluding hydrogens is 328 g/mol. The summed E-state index contributed by atoms with van der Waals surface area (Å²) in [5.41, 5.74) is 2.19. The summed E-state index contributed by atoms with van der Waals surface area (Å²) in [7, 11) is 0. The van der Waals surface area contributed by atoms with Gasteiger partial charge in [-0.3, -0.25) is 0 Å². The molecule has 7 atom stereocenters. The van der Waals surface area contributed by atoms with Crippen LogP contribution in [0.15, 0.2) is 47.6 Å². The number of fused-ring (bicyclic) bond motifs is 2. The molecule has 1 spiro atoms. The second-order valence-corrected chi connectivity index (χ2v) is 8.97. The number of allylic oxidation sites excluding steroid dienone is 6. The predicted octanol–water partition coefficient (Wildman–Crippen LogP) is 3.49. The summed E-state index contributed by atoms with van der Waals surface area (Å²) >= 11 is 0. The molecule has 8 rings (SSSR count). The van der Waals surface area contributed by atoms with Crippen molar-refractivity contribution in [1.29, 1.82) is 0 Å². The Kier molecular flexibility index (Phi) is 2.63. The number of epoxide rings is 2. The van der Waals surface area contributed by atoms with Crippen LogP contribution in [0.4, 0.5) is 0 Å². The van der Waals surface area contributed by atoms with E-state index in [9.17, 15) is 0 Å². The zero-order chi connectivity index (χ0) is 17.0. The van der Waals surface area contributed by atoms with Gasteiger partial charge in [0.15, 0.2) is 5.79 Å². The third-order valence-corrected chi connectivity index (χ3v) is 7.72. The van der Waals surface area contributed by atoms with Crippen molar-refractivity contribution in [2.75, 3.05) is 0 Å². The van der Waals surface area contributed by atoms with Gasteiger partial charge in [0, 0.05) is 12.8 Å². The Labute approximate surface area is 153 Å². The van der Waals surface area contributed by atoms with Crippen molar-refractivity contribution in [3.05, 3.63) is 47.6 Å². The number of rotatable bonds is 2. The van der Waals surface area contributed by atoms with Crippen LogP contribution in [0.5, 0.6) is 0 Å². The van der Waals surface area contributed by atoms with Gasteiger partial charge in [-0.05, 0) is 43.3 Å². The van der Waals surface area contributed by atoms with Gasteiger partial charge in [-0.2, -0.15) is 0 Å². The van der Waals surface area contributed by atoms with Crippen LogP contribution < -0.4 is 0 Å². The minimum Gasteiger partial charge on any atom is -0.367 e. The molecule has 4 nitrogen and oxygen atoms in total. The molecule has 136 valence electrons. The van der Waals surface area contributed by atoms with Crippen LogP contribution in [0.25, 0.3) is 0 Å². The highest BCUT2D eigenvalue weighted by Gasteiger charge is 2.74. The fourth-order valence-electron chi connectivity index (χ4n) is 6.22. The Morgan fingerprint density at radius 3 is 2.54 bits per heavy atom. The van der Waals surface area contributed by atoms with Gasteiger partial charge in [0.1, 0.15) is 23.9 Å². The van der Waals surface area contributed by atoms with Gasteiger partial charge in [-0.1, -0.05) is 36.5 Å². The Hall–Kier alpha value is -1.20. The van der Waals surface area contributed by atoms with Gasteiger partial charge < -0.3 is 18.9 Å². The molecule has 7 unspecified atom stereocenters. The maximum atomic E-state index is 7.31. The summed E-state index contributed by atoms with van der Waals surface area (Å²) in [5.74, 6) is -0.379.